The fourth-order valence-corrected chi connectivity index (χ4v) is 2.04. The quantitative estimate of drug-likeness (QED) is 0.859. The number of rotatable bonds is 6. The highest BCUT2D eigenvalue weighted by Crippen LogP contribution is 2.22. The molecule has 2 rings (SSSR count). The Morgan fingerprint density at radius 1 is 1.47 bits per heavy atom. The van der Waals surface area contributed by atoms with Crippen molar-refractivity contribution in [1.82, 2.24) is 5.32 Å². The first-order valence-corrected chi connectivity index (χ1v) is 6.88. The van der Waals surface area contributed by atoms with Crippen LogP contribution in [-0.4, -0.2) is 25.9 Å². The van der Waals surface area contributed by atoms with E-state index in [0.29, 0.717) is 31.4 Å². The van der Waals surface area contributed by atoms with Crippen molar-refractivity contribution in [3.05, 3.63) is 29.6 Å². The Balaban J connectivity index is 1.88. The second-order valence-electron chi connectivity index (χ2n) is 5.39. The van der Waals surface area contributed by atoms with Crippen LogP contribution < -0.4 is 10.1 Å². The lowest BCUT2D eigenvalue weighted by molar-refractivity contribution is 0.138. The fraction of sp³-hybridized carbons (Fsp3) is 0.600. The zero-order valence-corrected chi connectivity index (χ0v) is 11.6. The van der Waals surface area contributed by atoms with Crippen LogP contribution in [0.15, 0.2) is 18.2 Å². The monoisotopic (exact) mass is 267 g/mol. The van der Waals surface area contributed by atoms with Gasteiger partial charge in [0.1, 0.15) is 6.10 Å². The average molecular weight is 267 g/mol. The van der Waals surface area contributed by atoms with Gasteiger partial charge in [-0.2, -0.15) is 0 Å². The highest BCUT2D eigenvalue weighted by molar-refractivity contribution is 5.29. The van der Waals surface area contributed by atoms with E-state index in [9.17, 15) is 4.39 Å². The van der Waals surface area contributed by atoms with Crippen molar-refractivity contribution < 1.29 is 13.9 Å². The first kappa shape index (κ1) is 14.3. The number of halogens is 1. The lowest BCUT2D eigenvalue weighted by Gasteiger charge is -2.13. The molecule has 0 aromatic heterocycles. The minimum Gasteiger partial charge on any atom is -0.485 e. The van der Waals surface area contributed by atoms with Crippen molar-refractivity contribution in [2.75, 3.05) is 19.8 Å². The molecule has 1 fully saturated rings. The van der Waals surface area contributed by atoms with Gasteiger partial charge in [-0.1, -0.05) is 19.9 Å². The Hall–Kier alpha value is -1.13. The molecule has 0 aliphatic carbocycles. The van der Waals surface area contributed by atoms with Crippen molar-refractivity contribution >= 4 is 0 Å². The van der Waals surface area contributed by atoms with Gasteiger partial charge in [-0.3, -0.25) is 0 Å². The second-order valence-corrected chi connectivity index (χ2v) is 5.39. The molecule has 0 bridgehead atoms. The van der Waals surface area contributed by atoms with Crippen LogP contribution in [0.5, 0.6) is 5.75 Å². The van der Waals surface area contributed by atoms with Crippen LogP contribution in [0.1, 0.15) is 25.8 Å². The predicted molar refractivity (Wildman–Crippen MR) is 72.8 cm³/mol. The summed E-state index contributed by atoms with van der Waals surface area (Å²) in [4.78, 5) is 0. The Bertz CT molecular complexity index is 403. The van der Waals surface area contributed by atoms with Gasteiger partial charge in [-0.15, -0.1) is 0 Å². The molecule has 1 aliphatic rings. The topological polar surface area (TPSA) is 30.5 Å². The van der Waals surface area contributed by atoms with Crippen molar-refractivity contribution in [3.8, 4) is 5.75 Å². The molecular formula is C15H22FNO2. The largest absolute Gasteiger partial charge is 0.485 e. The van der Waals surface area contributed by atoms with Crippen LogP contribution in [0.2, 0.25) is 0 Å². The molecule has 1 aromatic rings. The predicted octanol–water partition coefficient (Wildman–Crippen LogP) is 2.74. The van der Waals surface area contributed by atoms with Crippen molar-refractivity contribution in [2.45, 2.75) is 32.9 Å². The molecule has 4 heteroatoms. The van der Waals surface area contributed by atoms with Crippen molar-refractivity contribution in [1.29, 1.82) is 0 Å². The van der Waals surface area contributed by atoms with E-state index in [-0.39, 0.29) is 11.9 Å². The van der Waals surface area contributed by atoms with E-state index in [4.69, 9.17) is 9.47 Å². The number of hydrogen-bond acceptors (Lipinski definition) is 3. The fourth-order valence-electron chi connectivity index (χ4n) is 2.04. The van der Waals surface area contributed by atoms with E-state index in [1.54, 1.807) is 12.1 Å². The van der Waals surface area contributed by atoms with Gasteiger partial charge in [0.2, 0.25) is 0 Å². The van der Waals surface area contributed by atoms with Crippen LogP contribution in [-0.2, 0) is 11.3 Å². The van der Waals surface area contributed by atoms with Crippen LogP contribution in [0.4, 0.5) is 4.39 Å². The summed E-state index contributed by atoms with van der Waals surface area (Å²) >= 11 is 0. The van der Waals surface area contributed by atoms with E-state index in [1.165, 1.54) is 0 Å². The summed E-state index contributed by atoms with van der Waals surface area (Å²) < 4.78 is 24.7. The molecule has 1 N–H and O–H groups in total. The summed E-state index contributed by atoms with van der Waals surface area (Å²) in [5.74, 6) is 0.619. The normalized spacial score (nSPS) is 19.1. The molecule has 3 nitrogen and oxygen atoms in total. The highest BCUT2D eigenvalue weighted by Gasteiger charge is 2.18. The molecule has 19 heavy (non-hydrogen) atoms. The minimum absolute atomic E-state index is 0.0144. The van der Waals surface area contributed by atoms with Gasteiger partial charge in [0, 0.05) is 13.0 Å². The molecular weight excluding hydrogens is 245 g/mol. The molecule has 1 saturated heterocycles. The summed E-state index contributed by atoms with van der Waals surface area (Å²) in [5, 5.41) is 3.29. The van der Waals surface area contributed by atoms with Crippen LogP contribution in [0, 0.1) is 11.7 Å². The standard InChI is InChI=1S/C15H22FNO2/c1-11(2)8-17-9-12-3-4-15(14(16)7-12)19-13-5-6-18-10-13/h3-4,7,11,13,17H,5-6,8-10H2,1-2H3. The van der Waals surface area contributed by atoms with Gasteiger partial charge in [0.05, 0.1) is 13.2 Å². The SMILES string of the molecule is CC(C)CNCc1ccc(OC2CCOC2)c(F)c1. The summed E-state index contributed by atoms with van der Waals surface area (Å²) in [7, 11) is 0. The summed E-state index contributed by atoms with van der Waals surface area (Å²) in [6, 6.07) is 5.15. The number of benzene rings is 1. The molecule has 0 saturated carbocycles. The molecule has 1 unspecified atom stereocenters. The Morgan fingerprint density at radius 2 is 2.32 bits per heavy atom. The van der Waals surface area contributed by atoms with Gasteiger partial charge >= 0.3 is 0 Å². The second kappa shape index (κ2) is 6.87. The Labute approximate surface area is 114 Å². The molecule has 1 atom stereocenters. The van der Waals surface area contributed by atoms with Gasteiger partial charge in [0.15, 0.2) is 11.6 Å². The van der Waals surface area contributed by atoms with E-state index in [0.717, 1.165) is 18.5 Å². The van der Waals surface area contributed by atoms with E-state index >= 15 is 0 Å². The third kappa shape index (κ3) is 4.48. The van der Waals surface area contributed by atoms with Gasteiger partial charge in [0.25, 0.3) is 0 Å². The zero-order chi connectivity index (χ0) is 13.7. The molecule has 1 heterocycles. The smallest absolute Gasteiger partial charge is 0.165 e. The van der Waals surface area contributed by atoms with Gasteiger partial charge < -0.3 is 14.8 Å². The number of hydrogen-bond donors (Lipinski definition) is 1. The summed E-state index contributed by atoms with van der Waals surface area (Å²) in [6.07, 6.45) is 0.816. The molecule has 0 amide bonds. The Morgan fingerprint density at radius 3 is 2.95 bits per heavy atom. The maximum Gasteiger partial charge on any atom is 0.165 e. The van der Waals surface area contributed by atoms with Crippen molar-refractivity contribution in [2.24, 2.45) is 5.92 Å². The minimum atomic E-state index is -0.296. The zero-order valence-electron chi connectivity index (χ0n) is 11.6. The molecule has 1 aliphatic heterocycles. The maximum atomic E-state index is 13.9. The van der Waals surface area contributed by atoms with Gasteiger partial charge in [-0.25, -0.2) is 4.39 Å². The van der Waals surface area contributed by atoms with E-state index in [2.05, 4.69) is 19.2 Å². The maximum absolute atomic E-state index is 13.9. The number of ether oxygens (including phenoxy) is 2. The molecule has 0 radical (unpaired) electrons. The first-order valence-electron chi connectivity index (χ1n) is 6.88. The van der Waals surface area contributed by atoms with Gasteiger partial charge in [-0.05, 0) is 30.2 Å². The third-order valence-corrected chi connectivity index (χ3v) is 3.06. The lowest BCUT2D eigenvalue weighted by Crippen LogP contribution is -2.19. The third-order valence-electron chi connectivity index (χ3n) is 3.06. The summed E-state index contributed by atoms with van der Waals surface area (Å²) in [6.45, 7) is 7.16. The highest BCUT2D eigenvalue weighted by atomic mass is 19.1. The van der Waals surface area contributed by atoms with Crippen LogP contribution in [0.25, 0.3) is 0 Å². The number of nitrogens with one attached hydrogen (secondary N) is 1. The van der Waals surface area contributed by atoms with E-state index < -0.39 is 0 Å². The van der Waals surface area contributed by atoms with Crippen LogP contribution in [0.3, 0.4) is 0 Å². The Kier molecular flexibility index (Phi) is 5.16. The van der Waals surface area contributed by atoms with E-state index in [1.807, 2.05) is 6.07 Å². The van der Waals surface area contributed by atoms with Crippen molar-refractivity contribution in [3.63, 3.8) is 0 Å². The van der Waals surface area contributed by atoms with Crippen LogP contribution >= 0.6 is 0 Å². The summed E-state index contributed by atoms with van der Waals surface area (Å²) in [5.41, 5.74) is 0.938. The first-order chi connectivity index (χ1) is 9.15. The molecule has 0 spiro atoms. The molecule has 1 aromatic carbocycles. The average Bonchev–Trinajstić information content (AvgIpc) is 2.85. The molecule has 106 valence electrons. The lowest BCUT2D eigenvalue weighted by atomic mass is 10.2.